The van der Waals surface area contributed by atoms with Crippen molar-refractivity contribution in [3.63, 3.8) is 0 Å². The Morgan fingerprint density at radius 2 is 1.79 bits per heavy atom. The van der Waals surface area contributed by atoms with Crippen molar-refractivity contribution in [3.8, 4) is 0 Å². The topological polar surface area (TPSA) is 4.93 Å². The smallest absolute Gasteiger partial charge is 0.118 e. The van der Waals surface area contributed by atoms with Crippen molar-refractivity contribution in [2.24, 2.45) is 0 Å². The van der Waals surface area contributed by atoms with E-state index in [0.29, 0.717) is 5.15 Å². The second-order valence-corrected chi connectivity index (χ2v) is 5.44. The molecule has 3 aromatic rings. The maximum Gasteiger partial charge on any atom is 0.118 e. The van der Waals surface area contributed by atoms with Gasteiger partial charge < -0.3 is 4.57 Å². The summed E-state index contributed by atoms with van der Waals surface area (Å²) in [5, 5.41) is 2.43. The summed E-state index contributed by atoms with van der Waals surface area (Å²) in [6.45, 7) is 2.79. The van der Waals surface area contributed by atoms with Crippen LogP contribution in [0.3, 0.4) is 0 Å². The number of hydrogen-bond acceptors (Lipinski definition) is 0. The Hall–Kier alpha value is -1.44. The SMILES string of the molecule is Cc1ccc2c([c]c(Cl)n2Cc2ccc(Cl)cc2)c1. The molecule has 0 N–H and O–H groups in total. The van der Waals surface area contributed by atoms with Crippen LogP contribution < -0.4 is 0 Å². The van der Waals surface area contributed by atoms with Gasteiger partial charge in [0.05, 0.1) is 5.52 Å². The first-order chi connectivity index (χ1) is 9.13. The molecule has 0 spiro atoms. The monoisotopic (exact) mass is 288 g/mol. The first kappa shape index (κ1) is 12.6. The zero-order valence-corrected chi connectivity index (χ0v) is 12.0. The van der Waals surface area contributed by atoms with Crippen LogP contribution in [0.4, 0.5) is 0 Å². The lowest BCUT2D eigenvalue weighted by molar-refractivity contribution is 0.837. The molecule has 0 saturated carbocycles. The predicted molar refractivity (Wildman–Crippen MR) is 81.1 cm³/mol. The first-order valence-electron chi connectivity index (χ1n) is 6.05. The van der Waals surface area contributed by atoms with Crippen LogP contribution in [0.25, 0.3) is 10.9 Å². The normalized spacial score (nSPS) is 11.1. The Bertz CT molecular complexity index is 726. The number of aromatic nitrogens is 1. The van der Waals surface area contributed by atoms with Gasteiger partial charge in [-0.05, 0) is 36.8 Å². The molecule has 0 amide bonds. The van der Waals surface area contributed by atoms with Gasteiger partial charge in [-0.15, -0.1) is 0 Å². The molecular formula is C16H12Cl2N. The lowest BCUT2D eigenvalue weighted by atomic mass is 10.2. The van der Waals surface area contributed by atoms with Gasteiger partial charge in [0.15, 0.2) is 0 Å². The van der Waals surface area contributed by atoms with E-state index in [1.807, 2.05) is 24.3 Å². The second-order valence-electron chi connectivity index (χ2n) is 4.65. The summed E-state index contributed by atoms with van der Waals surface area (Å²) >= 11 is 12.2. The minimum absolute atomic E-state index is 0.635. The van der Waals surface area contributed by atoms with Crippen LogP contribution in [-0.4, -0.2) is 4.57 Å². The molecule has 0 bridgehead atoms. The van der Waals surface area contributed by atoms with Crippen LogP contribution >= 0.6 is 23.2 Å². The van der Waals surface area contributed by atoms with E-state index in [9.17, 15) is 0 Å². The number of rotatable bonds is 2. The number of fused-ring (bicyclic) bond motifs is 1. The van der Waals surface area contributed by atoms with Gasteiger partial charge in [-0.1, -0.05) is 47.0 Å². The summed E-state index contributed by atoms with van der Waals surface area (Å²) in [6.07, 6.45) is 0. The molecular weight excluding hydrogens is 277 g/mol. The van der Waals surface area contributed by atoms with E-state index in [0.717, 1.165) is 28.0 Å². The fourth-order valence-electron chi connectivity index (χ4n) is 2.20. The van der Waals surface area contributed by atoms with Gasteiger partial charge in [0, 0.05) is 23.0 Å². The molecule has 3 heteroatoms. The summed E-state index contributed by atoms with van der Waals surface area (Å²) in [5.41, 5.74) is 3.48. The van der Waals surface area contributed by atoms with Crippen molar-refractivity contribution >= 4 is 34.1 Å². The molecule has 0 unspecified atom stereocenters. The Labute approximate surface area is 122 Å². The van der Waals surface area contributed by atoms with E-state index in [1.54, 1.807) is 0 Å². The Kier molecular flexibility index (Phi) is 3.26. The van der Waals surface area contributed by atoms with Crippen LogP contribution in [-0.2, 0) is 6.54 Å². The van der Waals surface area contributed by atoms with Crippen molar-refractivity contribution in [2.45, 2.75) is 13.5 Å². The number of hydrogen-bond donors (Lipinski definition) is 0. The van der Waals surface area contributed by atoms with Crippen LogP contribution in [0.2, 0.25) is 10.2 Å². The van der Waals surface area contributed by atoms with Crippen LogP contribution in [0.1, 0.15) is 11.1 Å². The zero-order valence-electron chi connectivity index (χ0n) is 10.5. The molecule has 19 heavy (non-hydrogen) atoms. The van der Waals surface area contributed by atoms with Gasteiger partial charge in [-0.25, -0.2) is 0 Å². The molecule has 0 aliphatic heterocycles. The average molecular weight is 289 g/mol. The molecule has 0 aliphatic carbocycles. The molecule has 95 valence electrons. The number of nitrogens with zero attached hydrogens (tertiary/aromatic N) is 1. The summed E-state index contributed by atoms with van der Waals surface area (Å²) in [5.74, 6) is 0. The fraction of sp³-hybridized carbons (Fsp3) is 0.125. The number of halogens is 2. The molecule has 1 aromatic heterocycles. The van der Waals surface area contributed by atoms with E-state index in [-0.39, 0.29) is 0 Å². The third kappa shape index (κ3) is 2.49. The van der Waals surface area contributed by atoms with E-state index >= 15 is 0 Å². The van der Waals surface area contributed by atoms with E-state index in [4.69, 9.17) is 23.2 Å². The van der Waals surface area contributed by atoms with E-state index in [2.05, 4.69) is 35.8 Å². The summed E-state index contributed by atoms with van der Waals surface area (Å²) < 4.78 is 2.06. The molecule has 1 nitrogen and oxygen atoms in total. The molecule has 3 rings (SSSR count). The predicted octanol–water partition coefficient (Wildman–Crippen LogP) is 5.11. The van der Waals surface area contributed by atoms with Crippen molar-refractivity contribution < 1.29 is 0 Å². The zero-order chi connectivity index (χ0) is 13.4. The molecule has 0 aliphatic rings. The standard InChI is InChI=1S/C16H12Cl2N/c1-11-2-7-15-13(8-11)9-16(18)19(15)10-12-3-5-14(17)6-4-12/h2-8H,10H2,1H3. The fourth-order valence-corrected chi connectivity index (χ4v) is 2.58. The molecule has 0 fully saturated rings. The Balaban J connectivity index is 2.05. The Morgan fingerprint density at radius 1 is 1.05 bits per heavy atom. The number of aryl methyl sites for hydroxylation is 1. The van der Waals surface area contributed by atoms with Gasteiger partial charge in [0.1, 0.15) is 5.15 Å². The van der Waals surface area contributed by atoms with Gasteiger partial charge >= 0.3 is 0 Å². The summed E-state index contributed by atoms with van der Waals surface area (Å²) in [6, 6.07) is 17.3. The van der Waals surface area contributed by atoms with Gasteiger partial charge in [-0.2, -0.15) is 0 Å². The molecule has 0 atom stereocenters. The van der Waals surface area contributed by atoms with E-state index in [1.165, 1.54) is 5.56 Å². The third-order valence-electron chi connectivity index (χ3n) is 3.17. The minimum atomic E-state index is 0.635. The van der Waals surface area contributed by atoms with Gasteiger partial charge in [-0.3, -0.25) is 0 Å². The van der Waals surface area contributed by atoms with Gasteiger partial charge in [0.2, 0.25) is 0 Å². The average Bonchev–Trinajstić information content (AvgIpc) is 2.68. The summed E-state index contributed by atoms with van der Waals surface area (Å²) in [4.78, 5) is 0. The maximum atomic E-state index is 6.28. The highest BCUT2D eigenvalue weighted by Gasteiger charge is 2.08. The molecule has 1 radical (unpaired) electrons. The lowest BCUT2D eigenvalue weighted by Gasteiger charge is -2.07. The highest BCUT2D eigenvalue weighted by molar-refractivity contribution is 6.31. The Morgan fingerprint density at radius 3 is 2.53 bits per heavy atom. The first-order valence-corrected chi connectivity index (χ1v) is 6.81. The van der Waals surface area contributed by atoms with E-state index < -0.39 is 0 Å². The van der Waals surface area contributed by atoms with Gasteiger partial charge in [0.25, 0.3) is 0 Å². The molecule has 0 saturated heterocycles. The maximum absolute atomic E-state index is 6.28. The highest BCUT2D eigenvalue weighted by Crippen LogP contribution is 2.25. The number of benzene rings is 2. The van der Waals surface area contributed by atoms with Crippen LogP contribution in [0.15, 0.2) is 42.5 Å². The van der Waals surface area contributed by atoms with Crippen LogP contribution in [0, 0.1) is 13.0 Å². The van der Waals surface area contributed by atoms with Crippen LogP contribution in [0.5, 0.6) is 0 Å². The second kappa shape index (κ2) is 4.92. The third-order valence-corrected chi connectivity index (χ3v) is 3.72. The molecule has 2 aromatic carbocycles. The highest BCUT2D eigenvalue weighted by atomic mass is 35.5. The quantitative estimate of drug-likeness (QED) is 0.618. The van der Waals surface area contributed by atoms with Crippen molar-refractivity contribution in [1.29, 1.82) is 0 Å². The minimum Gasteiger partial charge on any atom is -0.327 e. The lowest BCUT2D eigenvalue weighted by Crippen LogP contribution is -1.99. The largest absolute Gasteiger partial charge is 0.327 e. The van der Waals surface area contributed by atoms with Crippen molar-refractivity contribution in [1.82, 2.24) is 4.57 Å². The molecule has 1 heterocycles. The van der Waals surface area contributed by atoms with Crippen molar-refractivity contribution in [3.05, 3.63) is 69.8 Å². The summed E-state index contributed by atoms with van der Waals surface area (Å²) in [7, 11) is 0. The van der Waals surface area contributed by atoms with Crippen molar-refractivity contribution in [2.75, 3.05) is 0 Å².